The number of aromatic nitrogens is 1. The van der Waals surface area contributed by atoms with E-state index in [0.29, 0.717) is 13.2 Å². The zero-order valence-electron chi connectivity index (χ0n) is 10.3. The van der Waals surface area contributed by atoms with Crippen molar-refractivity contribution in [2.24, 2.45) is 0 Å². The van der Waals surface area contributed by atoms with Crippen molar-refractivity contribution in [3.05, 3.63) is 42.2 Å². The molecule has 1 aromatic carbocycles. The standard InChI is InChI=1S/C14H16N2O2/c1-2-18-14(17)10-16-8-11-3-4-13-9-15-6-5-12(13)7-11/h3-7,9,16H,2,8,10H2,1H3. The largest absolute Gasteiger partial charge is 0.465 e. The van der Waals surface area contributed by atoms with Crippen LogP contribution < -0.4 is 5.32 Å². The van der Waals surface area contributed by atoms with Crippen molar-refractivity contribution >= 4 is 16.7 Å². The summed E-state index contributed by atoms with van der Waals surface area (Å²) in [6, 6.07) is 8.13. The van der Waals surface area contributed by atoms with Crippen LogP contribution in [0.5, 0.6) is 0 Å². The third-order valence-electron chi connectivity index (χ3n) is 2.61. The smallest absolute Gasteiger partial charge is 0.319 e. The number of hydrogen-bond donors (Lipinski definition) is 1. The van der Waals surface area contributed by atoms with E-state index in [9.17, 15) is 4.79 Å². The van der Waals surface area contributed by atoms with Gasteiger partial charge in [-0.2, -0.15) is 0 Å². The molecule has 1 N–H and O–H groups in total. The number of fused-ring (bicyclic) bond motifs is 1. The molecular weight excluding hydrogens is 228 g/mol. The van der Waals surface area contributed by atoms with E-state index in [-0.39, 0.29) is 12.5 Å². The highest BCUT2D eigenvalue weighted by atomic mass is 16.5. The fraction of sp³-hybridized carbons (Fsp3) is 0.286. The van der Waals surface area contributed by atoms with Crippen LogP contribution in [-0.2, 0) is 16.1 Å². The second kappa shape index (κ2) is 6.12. The van der Waals surface area contributed by atoms with Gasteiger partial charge in [0.15, 0.2) is 0 Å². The van der Waals surface area contributed by atoms with Crippen LogP contribution >= 0.6 is 0 Å². The first-order chi connectivity index (χ1) is 8.79. The predicted molar refractivity (Wildman–Crippen MR) is 70.1 cm³/mol. The van der Waals surface area contributed by atoms with Crippen LogP contribution in [0.25, 0.3) is 10.8 Å². The quantitative estimate of drug-likeness (QED) is 0.816. The van der Waals surface area contributed by atoms with E-state index in [1.165, 1.54) is 0 Å². The van der Waals surface area contributed by atoms with Crippen molar-refractivity contribution < 1.29 is 9.53 Å². The van der Waals surface area contributed by atoms with Crippen molar-refractivity contribution in [3.8, 4) is 0 Å². The average Bonchev–Trinajstić information content (AvgIpc) is 2.39. The van der Waals surface area contributed by atoms with Crippen LogP contribution in [0, 0.1) is 0 Å². The van der Waals surface area contributed by atoms with Gasteiger partial charge in [0.2, 0.25) is 0 Å². The maximum absolute atomic E-state index is 11.2. The number of pyridine rings is 1. The SMILES string of the molecule is CCOC(=O)CNCc1ccc2cnccc2c1. The third-order valence-corrected chi connectivity index (χ3v) is 2.61. The summed E-state index contributed by atoms with van der Waals surface area (Å²) in [7, 11) is 0. The van der Waals surface area contributed by atoms with Gasteiger partial charge in [-0.1, -0.05) is 12.1 Å². The molecule has 0 saturated carbocycles. The molecule has 0 bridgehead atoms. The van der Waals surface area contributed by atoms with Crippen molar-refractivity contribution in [3.63, 3.8) is 0 Å². The minimum absolute atomic E-state index is 0.220. The lowest BCUT2D eigenvalue weighted by Crippen LogP contribution is -2.24. The first-order valence-corrected chi connectivity index (χ1v) is 5.98. The molecule has 1 heterocycles. The number of esters is 1. The molecule has 18 heavy (non-hydrogen) atoms. The van der Waals surface area contributed by atoms with E-state index in [4.69, 9.17) is 4.74 Å². The molecule has 0 amide bonds. The molecule has 0 fully saturated rings. The Morgan fingerprint density at radius 2 is 2.22 bits per heavy atom. The summed E-state index contributed by atoms with van der Waals surface area (Å²) < 4.78 is 4.84. The fourth-order valence-corrected chi connectivity index (χ4v) is 1.76. The van der Waals surface area contributed by atoms with Gasteiger partial charge in [-0.15, -0.1) is 0 Å². The Labute approximate surface area is 106 Å². The molecule has 0 unspecified atom stereocenters. The Balaban J connectivity index is 1.93. The maximum Gasteiger partial charge on any atom is 0.319 e. The summed E-state index contributed by atoms with van der Waals surface area (Å²) in [6.07, 6.45) is 3.61. The van der Waals surface area contributed by atoms with Gasteiger partial charge in [-0.3, -0.25) is 9.78 Å². The Morgan fingerprint density at radius 3 is 3.06 bits per heavy atom. The van der Waals surface area contributed by atoms with Crippen molar-refractivity contribution in [2.75, 3.05) is 13.2 Å². The highest BCUT2D eigenvalue weighted by Gasteiger charge is 2.01. The highest BCUT2D eigenvalue weighted by molar-refractivity contribution is 5.82. The van der Waals surface area contributed by atoms with Crippen LogP contribution in [0.15, 0.2) is 36.7 Å². The molecule has 94 valence electrons. The maximum atomic E-state index is 11.2. The average molecular weight is 244 g/mol. The molecule has 1 aromatic heterocycles. The number of rotatable bonds is 5. The molecule has 0 aliphatic carbocycles. The van der Waals surface area contributed by atoms with Crippen LogP contribution in [0.2, 0.25) is 0 Å². The zero-order chi connectivity index (χ0) is 12.8. The van der Waals surface area contributed by atoms with E-state index in [2.05, 4.69) is 16.4 Å². The Kier molecular flexibility index (Phi) is 4.25. The van der Waals surface area contributed by atoms with Crippen LogP contribution in [0.4, 0.5) is 0 Å². The molecule has 0 spiro atoms. The van der Waals surface area contributed by atoms with E-state index in [0.717, 1.165) is 16.3 Å². The van der Waals surface area contributed by atoms with Crippen molar-refractivity contribution in [1.29, 1.82) is 0 Å². The van der Waals surface area contributed by atoms with E-state index >= 15 is 0 Å². The molecular formula is C14H16N2O2. The zero-order valence-corrected chi connectivity index (χ0v) is 10.3. The number of benzene rings is 1. The molecule has 2 aromatic rings. The van der Waals surface area contributed by atoms with Gasteiger partial charge in [0.25, 0.3) is 0 Å². The van der Waals surface area contributed by atoms with E-state index < -0.39 is 0 Å². The first kappa shape index (κ1) is 12.5. The number of hydrogen-bond acceptors (Lipinski definition) is 4. The highest BCUT2D eigenvalue weighted by Crippen LogP contribution is 2.14. The minimum Gasteiger partial charge on any atom is -0.465 e. The number of ether oxygens (including phenoxy) is 1. The number of nitrogens with one attached hydrogen (secondary N) is 1. The lowest BCUT2D eigenvalue weighted by atomic mass is 10.1. The summed E-state index contributed by atoms with van der Waals surface area (Å²) >= 11 is 0. The number of nitrogens with zero attached hydrogens (tertiary/aromatic N) is 1. The van der Waals surface area contributed by atoms with Gasteiger partial charge in [-0.05, 0) is 30.0 Å². The van der Waals surface area contributed by atoms with Crippen molar-refractivity contribution in [1.82, 2.24) is 10.3 Å². The van der Waals surface area contributed by atoms with Gasteiger partial charge in [0.05, 0.1) is 13.2 Å². The monoisotopic (exact) mass is 244 g/mol. The van der Waals surface area contributed by atoms with Gasteiger partial charge in [-0.25, -0.2) is 0 Å². The van der Waals surface area contributed by atoms with Gasteiger partial charge < -0.3 is 10.1 Å². The van der Waals surface area contributed by atoms with Gasteiger partial charge >= 0.3 is 5.97 Å². The summed E-state index contributed by atoms with van der Waals surface area (Å²) in [6.45, 7) is 3.11. The summed E-state index contributed by atoms with van der Waals surface area (Å²) in [5.41, 5.74) is 1.14. The molecule has 0 radical (unpaired) electrons. The van der Waals surface area contributed by atoms with Gasteiger partial charge in [0.1, 0.15) is 0 Å². The molecule has 4 heteroatoms. The summed E-state index contributed by atoms with van der Waals surface area (Å²) in [5.74, 6) is -0.220. The number of carbonyl (C=O) groups is 1. The normalized spacial score (nSPS) is 10.5. The molecule has 0 atom stereocenters. The second-order valence-electron chi connectivity index (χ2n) is 3.97. The lowest BCUT2D eigenvalue weighted by molar-refractivity contribution is -0.142. The molecule has 4 nitrogen and oxygen atoms in total. The van der Waals surface area contributed by atoms with Crippen molar-refractivity contribution in [2.45, 2.75) is 13.5 Å². The first-order valence-electron chi connectivity index (χ1n) is 5.98. The van der Waals surface area contributed by atoms with Crippen LogP contribution in [0.1, 0.15) is 12.5 Å². The van der Waals surface area contributed by atoms with E-state index in [1.54, 1.807) is 13.1 Å². The molecule has 0 aliphatic heterocycles. The third kappa shape index (κ3) is 3.28. The van der Waals surface area contributed by atoms with Crippen LogP contribution in [0.3, 0.4) is 0 Å². The molecule has 0 saturated heterocycles. The van der Waals surface area contributed by atoms with E-state index in [1.807, 2.05) is 24.4 Å². The Morgan fingerprint density at radius 1 is 1.33 bits per heavy atom. The second-order valence-corrected chi connectivity index (χ2v) is 3.97. The predicted octanol–water partition coefficient (Wildman–Crippen LogP) is 1.89. The summed E-state index contributed by atoms with van der Waals surface area (Å²) in [5, 5.41) is 5.33. The molecule has 0 aliphatic rings. The van der Waals surface area contributed by atoms with Crippen LogP contribution in [-0.4, -0.2) is 24.1 Å². The lowest BCUT2D eigenvalue weighted by Gasteiger charge is -2.06. The Bertz CT molecular complexity index is 540. The molecule has 2 rings (SSSR count). The summed E-state index contributed by atoms with van der Waals surface area (Å²) in [4.78, 5) is 15.2. The fourth-order valence-electron chi connectivity index (χ4n) is 1.76. The topological polar surface area (TPSA) is 51.2 Å². The minimum atomic E-state index is -0.220. The van der Waals surface area contributed by atoms with Gasteiger partial charge in [0, 0.05) is 24.3 Å². The number of carbonyl (C=O) groups excluding carboxylic acids is 1. The Hall–Kier alpha value is -1.94.